The van der Waals surface area contributed by atoms with Crippen LogP contribution in [-0.2, 0) is 14.3 Å². The largest absolute Gasteiger partial charge is 0.479 e. The van der Waals surface area contributed by atoms with E-state index in [2.05, 4.69) is 10.7 Å². The lowest BCUT2D eigenvalue weighted by Crippen LogP contribution is -2.30. The van der Waals surface area contributed by atoms with Crippen molar-refractivity contribution in [1.82, 2.24) is 0 Å². The number of hydrogen-bond donors (Lipinski definition) is 1. The molecule has 0 aliphatic carbocycles. The summed E-state index contributed by atoms with van der Waals surface area (Å²) in [6.07, 6.45) is -1.93. The number of nitrogens with one attached hydrogen (secondary N) is 1. The molecular formula is C16H14ClF4NO4. The van der Waals surface area contributed by atoms with E-state index in [-0.39, 0.29) is 17.4 Å². The maximum atomic E-state index is 13.9. The normalized spacial score (nSPS) is 12.0. The number of halogens is 5. The summed E-state index contributed by atoms with van der Waals surface area (Å²) in [4.78, 5) is 22.9. The van der Waals surface area contributed by atoms with Crippen molar-refractivity contribution in [1.29, 1.82) is 0 Å². The van der Waals surface area contributed by atoms with Gasteiger partial charge in [-0.15, -0.1) is 6.42 Å². The summed E-state index contributed by atoms with van der Waals surface area (Å²) >= 11 is 5.74. The third-order valence-electron chi connectivity index (χ3n) is 3.14. The number of benzene rings is 1. The summed E-state index contributed by atoms with van der Waals surface area (Å²) in [5, 5.41) is 1.86. The van der Waals surface area contributed by atoms with Gasteiger partial charge < -0.3 is 14.8 Å². The van der Waals surface area contributed by atoms with Crippen LogP contribution in [0.2, 0.25) is 5.02 Å². The Bertz CT molecular complexity index is 715. The van der Waals surface area contributed by atoms with Crippen molar-refractivity contribution in [2.24, 2.45) is 5.92 Å². The molecule has 1 N–H and O–H groups in total. The molecule has 1 aromatic carbocycles. The summed E-state index contributed by atoms with van der Waals surface area (Å²) in [5.74, 6) is -3.43. The van der Waals surface area contributed by atoms with E-state index in [4.69, 9.17) is 22.8 Å². The summed E-state index contributed by atoms with van der Waals surface area (Å²) in [6, 6.07) is 1.81. The average molecular weight is 396 g/mol. The van der Waals surface area contributed by atoms with E-state index in [0.717, 1.165) is 19.2 Å². The highest BCUT2D eigenvalue weighted by Gasteiger charge is 2.42. The summed E-state index contributed by atoms with van der Waals surface area (Å²) in [6.45, 7) is -0.186. The number of alkyl halides is 3. The highest BCUT2D eigenvalue weighted by molar-refractivity contribution is 6.32. The molecule has 1 unspecified atom stereocenters. The van der Waals surface area contributed by atoms with Crippen LogP contribution in [0.3, 0.4) is 0 Å². The first-order valence-electron chi connectivity index (χ1n) is 7.07. The molecule has 1 rings (SSSR count). The molecule has 5 nitrogen and oxygen atoms in total. The first-order chi connectivity index (χ1) is 12.1. The average Bonchev–Trinajstić information content (AvgIpc) is 2.54. The summed E-state index contributed by atoms with van der Waals surface area (Å²) < 4.78 is 61.9. The van der Waals surface area contributed by atoms with Crippen LogP contribution in [0.4, 0.5) is 23.2 Å². The number of carbonyl (C=O) groups is 2. The van der Waals surface area contributed by atoms with Gasteiger partial charge in [-0.1, -0.05) is 17.5 Å². The number of carbonyl (C=O) groups excluding carboxylic acids is 2. The van der Waals surface area contributed by atoms with Crippen molar-refractivity contribution >= 4 is 29.2 Å². The molecule has 0 spiro atoms. The van der Waals surface area contributed by atoms with E-state index in [1.165, 1.54) is 0 Å². The highest BCUT2D eigenvalue weighted by Crippen LogP contribution is 2.33. The molecule has 26 heavy (non-hydrogen) atoms. The second-order valence-electron chi connectivity index (χ2n) is 5.03. The van der Waals surface area contributed by atoms with Gasteiger partial charge in [0.1, 0.15) is 18.2 Å². The molecule has 1 aromatic rings. The Labute approximate surface area is 151 Å². The van der Waals surface area contributed by atoms with Gasteiger partial charge in [-0.25, -0.2) is 4.39 Å². The molecule has 0 bridgehead atoms. The maximum Gasteiger partial charge on any atom is 0.392 e. The lowest BCUT2D eigenvalue weighted by atomic mass is 10.0. The fourth-order valence-corrected chi connectivity index (χ4v) is 2.07. The third-order valence-corrected chi connectivity index (χ3v) is 3.44. The number of ether oxygens (including phenoxy) is 2. The van der Waals surface area contributed by atoms with Crippen molar-refractivity contribution in [3.63, 3.8) is 0 Å². The van der Waals surface area contributed by atoms with E-state index >= 15 is 0 Å². The molecule has 142 valence electrons. The van der Waals surface area contributed by atoms with Gasteiger partial charge in [0.25, 0.3) is 0 Å². The van der Waals surface area contributed by atoms with Gasteiger partial charge in [0, 0.05) is 12.5 Å². The van der Waals surface area contributed by atoms with Gasteiger partial charge >= 0.3 is 12.1 Å². The van der Waals surface area contributed by atoms with Crippen LogP contribution in [0.1, 0.15) is 12.8 Å². The summed E-state index contributed by atoms with van der Waals surface area (Å²) in [5.41, 5.74) is -0.439. The molecule has 0 fully saturated rings. The molecule has 10 heteroatoms. The predicted octanol–water partition coefficient (Wildman–Crippen LogP) is 3.56. The zero-order valence-corrected chi connectivity index (χ0v) is 14.2. The van der Waals surface area contributed by atoms with Gasteiger partial charge in [0.05, 0.1) is 30.2 Å². The second kappa shape index (κ2) is 9.29. The van der Waals surface area contributed by atoms with E-state index < -0.39 is 48.3 Å². The molecular weight excluding hydrogens is 382 g/mol. The van der Waals surface area contributed by atoms with Gasteiger partial charge in [0.2, 0.25) is 5.91 Å². The van der Waals surface area contributed by atoms with Crippen LogP contribution in [0.5, 0.6) is 5.75 Å². The first-order valence-corrected chi connectivity index (χ1v) is 7.45. The van der Waals surface area contributed by atoms with Crippen molar-refractivity contribution in [2.75, 3.05) is 19.0 Å². The van der Waals surface area contributed by atoms with Gasteiger partial charge in [-0.3, -0.25) is 9.59 Å². The standard InChI is InChI=1S/C16H14ClF4NO4/c1-3-4-26-13-8-12(11(18)7-10(13)17)22-14(23)5-9(16(19,20)21)6-15(24)25-2/h1,7-9H,4-6H2,2H3,(H,22,23). The predicted molar refractivity (Wildman–Crippen MR) is 85.2 cm³/mol. The van der Waals surface area contributed by atoms with E-state index in [1.54, 1.807) is 0 Å². The van der Waals surface area contributed by atoms with Crippen LogP contribution >= 0.6 is 11.6 Å². The molecule has 0 aliphatic rings. The van der Waals surface area contributed by atoms with E-state index in [0.29, 0.717) is 0 Å². The Kier molecular flexibility index (Phi) is 7.71. The number of hydrogen-bond acceptors (Lipinski definition) is 4. The quantitative estimate of drug-likeness (QED) is 0.435. The van der Waals surface area contributed by atoms with E-state index in [1.807, 2.05) is 5.32 Å². The van der Waals surface area contributed by atoms with Crippen LogP contribution in [0.25, 0.3) is 0 Å². The lowest BCUT2D eigenvalue weighted by Gasteiger charge is -2.19. The fraction of sp³-hybridized carbons (Fsp3) is 0.375. The van der Waals surface area contributed by atoms with Crippen molar-refractivity contribution in [3.8, 4) is 18.1 Å². The zero-order valence-electron chi connectivity index (χ0n) is 13.5. The third kappa shape index (κ3) is 6.44. The summed E-state index contributed by atoms with van der Waals surface area (Å²) in [7, 11) is 0.927. The van der Waals surface area contributed by atoms with Crippen LogP contribution in [0, 0.1) is 24.1 Å². The molecule has 0 heterocycles. The maximum absolute atomic E-state index is 13.9. The molecule has 0 saturated heterocycles. The molecule has 0 aromatic heterocycles. The Morgan fingerprint density at radius 2 is 2.00 bits per heavy atom. The number of esters is 1. The molecule has 1 atom stereocenters. The van der Waals surface area contributed by atoms with Crippen molar-refractivity contribution in [3.05, 3.63) is 23.0 Å². The number of terminal acetylenes is 1. The van der Waals surface area contributed by atoms with Gasteiger partial charge in [-0.2, -0.15) is 13.2 Å². The van der Waals surface area contributed by atoms with Crippen LogP contribution in [-0.4, -0.2) is 31.8 Å². The van der Waals surface area contributed by atoms with Gasteiger partial charge in [0.15, 0.2) is 0 Å². The minimum atomic E-state index is -4.81. The lowest BCUT2D eigenvalue weighted by molar-refractivity contribution is -0.186. The fourth-order valence-electron chi connectivity index (χ4n) is 1.87. The molecule has 0 radical (unpaired) electrons. The topological polar surface area (TPSA) is 64.6 Å². The molecule has 0 aliphatic heterocycles. The molecule has 1 amide bonds. The minimum absolute atomic E-state index is 0.0525. The SMILES string of the molecule is C#CCOc1cc(NC(=O)CC(CC(=O)OC)C(F)(F)F)c(F)cc1Cl. The highest BCUT2D eigenvalue weighted by atomic mass is 35.5. The van der Waals surface area contributed by atoms with Gasteiger partial charge in [-0.05, 0) is 6.07 Å². The monoisotopic (exact) mass is 395 g/mol. The number of amides is 1. The van der Waals surface area contributed by atoms with Crippen molar-refractivity contribution < 1.29 is 36.6 Å². The number of methoxy groups -OCH3 is 1. The number of anilines is 1. The second-order valence-corrected chi connectivity index (χ2v) is 5.43. The Hall–Kier alpha value is -2.47. The number of rotatable bonds is 7. The minimum Gasteiger partial charge on any atom is -0.479 e. The Balaban J connectivity index is 2.91. The smallest absolute Gasteiger partial charge is 0.392 e. The Morgan fingerprint density at radius 3 is 2.54 bits per heavy atom. The van der Waals surface area contributed by atoms with Crippen LogP contribution in [0.15, 0.2) is 12.1 Å². The first kappa shape index (κ1) is 21.6. The Morgan fingerprint density at radius 1 is 1.35 bits per heavy atom. The van der Waals surface area contributed by atoms with Crippen molar-refractivity contribution in [2.45, 2.75) is 19.0 Å². The van der Waals surface area contributed by atoms with Crippen LogP contribution < -0.4 is 10.1 Å². The van der Waals surface area contributed by atoms with E-state index in [9.17, 15) is 27.2 Å². The zero-order chi connectivity index (χ0) is 19.9. The molecule has 0 saturated carbocycles.